The third-order valence-electron chi connectivity index (χ3n) is 3.78. The van der Waals surface area contributed by atoms with Crippen molar-refractivity contribution in [2.24, 2.45) is 0 Å². The normalized spacial score (nSPS) is 11.7. The number of amides is 1. The van der Waals surface area contributed by atoms with Gasteiger partial charge in [0.1, 0.15) is 11.0 Å². The van der Waals surface area contributed by atoms with Crippen LogP contribution in [0.4, 0.5) is 5.69 Å². The summed E-state index contributed by atoms with van der Waals surface area (Å²) >= 11 is 0. The fourth-order valence-electron chi connectivity index (χ4n) is 2.38. The van der Waals surface area contributed by atoms with Crippen molar-refractivity contribution in [3.8, 4) is 0 Å². The van der Waals surface area contributed by atoms with E-state index in [-0.39, 0.29) is 17.4 Å². The summed E-state index contributed by atoms with van der Waals surface area (Å²) < 4.78 is 25.7. The molecular weight excluding hydrogens is 370 g/mol. The summed E-state index contributed by atoms with van der Waals surface area (Å²) in [6, 6.07) is 11.8. The number of carbonyl (C=O) groups excluding carboxylic acids is 1. The number of hydrogen-bond acceptors (Lipinski definition) is 6. The largest absolute Gasteiger partial charge is 0.385 e. The van der Waals surface area contributed by atoms with E-state index in [1.165, 1.54) is 32.3 Å². The smallest absolute Gasteiger partial charge is 0.265 e. The fraction of sp³-hybridized carbons (Fsp3) is 0.235. The Kier molecular flexibility index (Phi) is 5.10. The Hall–Kier alpha value is -2.98. The summed E-state index contributed by atoms with van der Waals surface area (Å²) in [5.74, 6) is -0.374. The Labute approximate surface area is 156 Å². The first-order valence-corrected chi connectivity index (χ1v) is 9.49. The lowest BCUT2D eigenvalue weighted by atomic mass is 10.2. The van der Waals surface area contributed by atoms with Gasteiger partial charge in [-0.25, -0.2) is 12.7 Å². The fourth-order valence-corrected chi connectivity index (χ4v) is 3.31. The van der Waals surface area contributed by atoms with Crippen LogP contribution in [0.3, 0.4) is 0 Å². The summed E-state index contributed by atoms with van der Waals surface area (Å²) in [6.07, 6.45) is 0. The molecule has 1 amide bonds. The molecule has 0 radical (unpaired) electrons. The molecule has 2 aromatic carbocycles. The van der Waals surface area contributed by atoms with Crippen LogP contribution in [-0.4, -0.2) is 54.5 Å². The van der Waals surface area contributed by atoms with Gasteiger partial charge < -0.3 is 10.2 Å². The number of hydrogen-bond donors (Lipinski definition) is 1. The highest BCUT2D eigenvalue weighted by Crippen LogP contribution is 2.19. The molecule has 0 atom stereocenters. The minimum absolute atomic E-state index is 0.0800. The maximum atomic E-state index is 12.3. The number of fused-ring (bicyclic) bond motifs is 1. The van der Waals surface area contributed by atoms with Gasteiger partial charge in [0, 0.05) is 19.8 Å². The molecule has 0 aliphatic carbocycles. The molecule has 0 saturated heterocycles. The van der Waals surface area contributed by atoms with Crippen molar-refractivity contribution in [3.63, 3.8) is 0 Å². The van der Waals surface area contributed by atoms with Crippen molar-refractivity contribution in [1.29, 1.82) is 0 Å². The number of benzene rings is 2. The SMILES string of the molecule is Cc1cccc(NC(=O)COn2nnc3ccc(S(=O)(=O)N(C)C)cc32)c1. The van der Waals surface area contributed by atoms with Crippen LogP contribution in [0.25, 0.3) is 11.0 Å². The zero-order chi connectivity index (χ0) is 19.6. The third-order valence-corrected chi connectivity index (χ3v) is 5.60. The minimum Gasteiger partial charge on any atom is -0.385 e. The molecule has 0 aliphatic rings. The van der Waals surface area contributed by atoms with E-state index in [1.807, 2.05) is 25.1 Å². The second kappa shape index (κ2) is 7.33. The van der Waals surface area contributed by atoms with E-state index in [9.17, 15) is 13.2 Å². The van der Waals surface area contributed by atoms with Crippen molar-refractivity contribution in [3.05, 3.63) is 48.0 Å². The van der Waals surface area contributed by atoms with Gasteiger partial charge in [0.2, 0.25) is 10.0 Å². The van der Waals surface area contributed by atoms with Gasteiger partial charge in [0.05, 0.1) is 4.90 Å². The summed E-state index contributed by atoms with van der Waals surface area (Å²) in [5, 5.41) is 10.4. The van der Waals surface area contributed by atoms with E-state index < -0.39 is 10.0 Å². The topological polar surface area (TPSA) is 106 Å². The monoisotopic (exact) mass is 389 g/mol. The lowest BCUT2D eigenvalue weighted by Gasteiger charge is -2.11. The molecule has 1 N–H and O–H groups in total. The Bertz CT molecular complexity index is 1090. The van der Waals surface area contributed by atoms with E-state index in [4.69, 9.17) is 4.84 Å². The Morgan fingerprint density at radius 2 is 2.00 bits per heavy atom. The number of sulfonamides is 1. The summed E-state index contributed by atoms with van der Waals surface area (Å²) in [5.41, 5.74) is 2.48. The van der Waals surface area contributed by atoms with Crippen LogP contribution in [-0.2, 0) is 14.8 Å². The first-order chi connectivity index (χ1) is 12.8. The van der Waals surface area contributed by atoms with Crippen LogP contribution >= 0.6 is 0 Å². The molecule has 0 unspecified atom stereocenters. The van der Waals surface area contributed by atoms with Crippen molar-refractivity contribution >= 4 is 32.7 Å². The number of anilines is 1. The predicted molar refractivity (Wildman–Crippen MR) is 99.7 cm³/mol. The van der Waals surface area contributed by atoms with E-state index in [0.717, 1.165) is 14.7 Å². The summed E-state index contributed by atoms with van der Waals surface area (Å²) in [4.78, 5) is 18.6. The van der Waals surface area contributed by atoms with Gasteiger partial charge in [-0.1, -0.05) is 17.0 Å². The number of aromatic nitrogens is 3. The molecule has 0 bridgehead atoms. The molecule has 27 heavy (non-hydrogen) atoms. The van der Waals surface area contributed by atoms with Crippen LogP contribution in [0.2, 0.25) is 0 Å². The maximum Gasteiger partial charge on any atom is 0.265 e. The van der Waals surface area contributed by atoms with Gasteiger partial charge in [0.15, 0.2) is 6.61 Å². The van der Waals surface area contributed by atoms with Gasteiger partial charge in [-0.3, -0.25) is 4.79 Å². The Morgan fingerprint density at radius 1 is 1.22 bits per heavy atom. The van der Waals surface area contributed by atoms with Gasteiger partial charge in [-0.05, 0) is 48.0 Å². The quantitative estimate of drug-likeness (QED) is 0.676. The lowest BCUT2D eigenvalue weighted by molar-refractivity contribution is -0.121. The average molecular weight is 389 g/mol. The third kappa shape index (κ3) is 4.07. The standard InChI is InChI=1S/C17H19N5O4S/c1-12-5-4-6-13(9-12)18-17(23)11-26-22-16-10-14(27(24,25)21(2)3)7-8-15(16)19-20-22/h4-10H,11H2,1-3H3,(H,18,23). The second-order valence-corrected chi connectivity index (χ2v) is 8.24. The highest BCUT2D eigenvalue weighted by Gasteiger charge is 2.19. The van der Waals surface area contributed by atoms with Gasteiger partial charge in [-0.2, -0.15) is 0 Å². The number of aryl methyl sites for hydroxylation is 1. The molecular formula is C17H19N5O4S. The van der Waals surface area contributed by atoms with Crippen molar-refractivity contribution in [2.75, 3.05) is 26.0 Å². The molecule has 0 fully saturated rings. The van der Waals surface area contributed by atoms with Crippen molar-refractivity contribution < 1.29 is 18.0 Å². The zero-order valence-corrected chi connectivity index (χ0v) is 15.9. The van der Waals surface area contributed by atoms with Gasteiger partial charge in [-0.15, -0.1) is 5.10 Å². The molecule has 0 saturated carbocycles. The van der Waals surface area contributed by atoms with Crippen molar-refractivity contribution in [2.45, 2.75) is 11.8 Å². The van der Waals surface area contributed by atoms with Crippen LogP contribution in [0, 0.1) is 6.92 Å². The second-order valence-electron chi connectivity index (χ2n) is 6.09. The van der Waals surface area contributed by atoms with Gasteiger partial charge >= 0.3 is 0 Å². The number of rotatable bonds is 6. The lowest BCUT2D eigenvalue weighted by Crippen LogP contribution is -2.26. The summed E-state index contributed by atoms with van der Waals surface area (Å²) in [7, 11) is -0.718. The minimum atomic E-state index is -3.61. The molecule has 10 heteroatoms. The molecule has 142 valence electrons. The van der Waals surface area contributed by atoms with Crippen LogP contribution < -0.4 is 10.2 Å². The van der Waals surface area contributed by atoms with Crippen LogP contribution in [0.15, 0.2) is 47.4 Å². The zero-order valence-electron chi connectivity index (χ0n) is 15.1. The van der Waals surface area contributed by atoms with E-state index in [1.54, 1.807) is 6.07 Å². The van der Waals surface area contributed by atoms with Gasteiger partial charge in [0.25, 0.3) is 5.91 Å². The number of nitrogens with one attached hydrogen (secondary N) is 1. The Morgan fingerprint density at radius 3 is 2.70 bits per heavy atom. The average Bonchev–Trinajstić information content (AvgIpc) is 3.02. The van der Waals surface area contributed by atoms with Crippen LogP contribution in [0.5, 0.6) is 0 Å². The Balaban J connectivity index is 1.76. The summed E-state index contributed by atoms with van der Waals surface area (Å²) in [6.45, 7) is 1.62. The molecule has 0 aliphatic heterocycles. The predicted octanol–water partition coefficient (Wildman–Crippen LogP) is 1.06. The highest BCUT2D eigenvalue weighted by molar-refractivity contribution is 7.89. The first-order valence-electron chi connectivity index (χ1n) is 8.05. The molecule has 1 aromatic heterocycles. The maximum absolute atomic E-state index is 12.3. The molecule has 9 nitrogen and oxygen atoms in total. The van der Waals surface area contributed by atoms with Crippen LogP contribution in [0.1, 0.15) is 5.56 Å². The molecule has 0 spiro atoms. The van der Waals surface area contributed by atoms with E-state index >= 15 is 0 Å². The highest BCUT2D eigenvalue weighted by atomic mass is 32.2. The number of nitrogens with zero attached hydrogens (tertiary/aromatic N) is 4. The van der Waals surface area contributed by atoms with Crippen molar-refractivity contribution in [1.82, 2.24) is 19.5 Å². The van der Waals surface area contributed by atoms with E-state index in [0.29, 0.717) is 16.7 Å². The molecule has 3 rings (SSSR count). The molecule has 3 aromatic rings. The first kappa shape index (κ1) is 18.8. The van der Waals surface area contributed by atoms with E-state index in [2.05, 4.69) is 15.6 Å². The number of carbonyl (C=O) groups is 1. The molecule has 1 heterocycles.